The molecule has 10 aromatic rings. The van der Waals surface area contributed by atoms with E-state index in [1.807, 2.05) is 24.3 Å². The summed E-state index contributed by atoms with van der Waals surface area (Å²) in [5, 5.41) is 0. The molecule has 8 aromatic carbocycles. The number of hydrogen-bond donors (Lipinski definition) is 0. The minimum atomic E-state index is -0.567. The molecule has 0 saturated heterocycles. The number of anilines is 3. The minimum Gasteiger partial charge on any atom is -0.277 e. The van der Waals surface area contributed by atoms with Crippen molar-refractivity contribution in [2.24, 2.45) is 0 Å². The Labute approximate surface area is 341 Å². The van der Waals surface area contributed by atoms with Crippen molar-refractivity contribution in [3.05, 3.63) is 229 Å². The van der Waals surface area contributed by atoms with Crippen LogP contribution in [-0.2, 0) is 5.41 Å². The van der Waals surface area contributed by atoms with E-state index in [1.165, 1.54) is 22.3 Å². The van der Waals surface area contributed by atoms with E-state index in [4.69, 9.17) is 19.9 Å². The molecule has 3 heterocycles. The lowest BCUT2D eigenvalue weighted by molar-refractivity contribution is 0.768. The number of para-hydroxylation sites is 4. The minimum absolute atomic E-state index is 0.479. The van der Waals surface area contributed by atoms with Crippen molar-refractivity contribution < 1.29 is 0 Å². The number of hydrogen-bond acceptors (Lipinski definition) is 5. The van der Waals surface area contributed by atoms with E-state index in [0.717, 1.165) is 55.8 Å². The first-order valence-corrected chi connectivity index (χ1v) is 19.9. The van der Waals surface area contributed by atoms with Crippen LogP contribution in [0.15, 0.2) is 206 Å². The van der Waals surface area contributed by atoms with Gasteiger partial charge in [0.25, 0.3) is 0 Å². The second kappa shape index (κ2) is 13.0. The average Bonchev–Trinajstić information content (AvgIpc) is 3.80. The van der Waals surface area contributed by atoms with Crippen molar-refractivity contribution in [2.75, 3.05) is 4.90 Å². The third-order valence-electron chi connectivity index (χ3n) is 11.9. The Balaban J connectivity index is 1.17. The average molecular weight is 755 g/mol. The number of aromatic nitrogens is 5. The quantitative estimate of drug-likeness (QED) is 0.175. The number of imidazole rings is 1. The summed E-state index contributed by atoms with van der Waals surface area (Å²) in [6.45, 7) is 0. The molecule has 6 heteroatoms. The summed E-state index contributed by atoms with van der Waals surface area (Å²) in [6.07, 6.45) is 0. The topological polar surface area (TPSA) is 59.7 Å². The summed E-state index contributed by atoms with van der Waals surface area (Å²) in [5.41, 5.74) is 14.4. The van der Waals surface area contributed by atoms with Crippen molar-refractivity contribution in [2.45, 2.75) is 5.41 Å². The molecule has 6 nitrogen and oxygen atoms in total. The molecular weight excluding hydrogens is 721 g/mol. The first-order valence-electron chi connectivity index (χ1n) is 19.9. The summed E-state index contributed by atoms with van der Waals surface area (Å²) in [4.78, 5) is 23.7. The summed E-state index contributed by atoms with van der Waals surface area (Å²) in [6, 6.07) is 72.6. The Kier molecular flexibility index (Phi) is 7.34. The van der Waals surface area contributed by atoms with Gasteiger partial charge in [-0.2, -0.15) is 9.97 Å². The maximum Gasteiger partial charge on any atom is 0.241 e. The molecule has 0 bridgehead atoms. The van der Waals surface area contributed by atoms with Gasteiger partial charge in [-0.05, 0) is 57.6 Å². The highest BCUT2D eigenvalue weighted by atomic mass is 15.4. The maximum atomic E-state index is 5.52. The number of fused-ring (bicyclic) bond motifs is 10. The summed E-state index contributed by atoms with van der Waals surface area (Å²) >= 11 is 0. The van der Waals surface area contributed by atoms with E-state index in [2.05, 4.69) is 191 Å². The van der Waals surface area contributed by atoms with Crippen LogP contribution in [0.4, 0.5) is 17.6 Å². The highest BCUT2D eigenvalue weighted by Crippen LogP contribution is 2.58. The Morgan fingerprint density at radius 1 is 0.373 bits per heavy atom. The molecule has 0 saturated carbocycles. The number of benzene rings is 8. The zero-order chi connectivity index (χ0) is 38.9. The molecule has 2 aromatic heterocycles. The molecule has 0 radical (unpaired) electrons. The smallest absolute Gasteiger partial charge is 0.241 e. The van der Waals surface area contributed by atoms with Gasteiger partial charge in [-0.25, -0.2) is 14.9 Å². The van der Waals surface area contributed by atoms with E-state index in [-0.39, 0.29) is 0 Å². The SMILES string of the molecule is c1ccc(-c2nc(-c3cccc4c3-c3ccccc3C4(c3ccccc3)c3ccccc3)nc(N3c4ccccc4-c4ccccc4-n4c3nc3ccccc34)n2)cc1. The largest absolute Gasteiger partial charge is 0.277 e. The second-order valence-corrected chi connectivity index (χ2v) is 15.0. The van der Waals surface area contributed by atoms with E-state index in [9.17, 15) is 0 Å². The molecule has 0 amide bonds. The van der Waals surface area contributed by atoms with Crippen LogP contribution in [0.3, 0.4) is 0 Å². The normalized spacial score (nSPS) is 13.2. The molecule has 0 atom stereocenters. The molecular formula is C53H34N6. The van der Waals surface area contributed by atoms with E-state index < -0.39 is 5.41 Å². The standard InChI is InChI=1S/C53H34N6/c1-4-19-35(20-5-1)49-55-50(41-28-18-30-43-48(41)40-27-10-13-29-42(40)53(43,36-21-6-2-7-22-36)37-23-8-3-9-24-37)57-51(56-49)59-46-33-16-12-26-39(46)38-25-11-15-32-45(38)58-47-34-17-14-31-44(47)54-52(58)59/h1-34H. The lowest BCUT2D eigenvalue weighted by Gasteiger charge is -2.33. The molecule has 0 fully saturated rings. The Morgan fingerprint density at radius 2 is 0.915 bits per heavy atom. The van der Waals surface area contributed by atoms with Gasteiger partial charge in [-0.15, -0.1) is 0 Å². The molecule has 12 rings (SSSR count). The van der Waals surface area contributed by atoms with Crippen molar-refractivity contribution in [3.63, 3.8) is 0 Å². The number of nitrogens with zero attached hydrogens (tertiary/aromatic N) is 6. The van der Waals surface area contributed by atoms with Gasteiger partial charge >= 0.3 is 0 Å². The summed E-state index contributed by atoms with van der Waals surface area (Å²) < 4.78 is 2.24. The lowest BCUT2D eigenvalue weighted by Crippen LogP contribution is -2.28. The first kappa shape index (κ1) is 33.2. The zero-order valence-corrected chi connectivity index (χ0v) is 31.8. The molecule has 1 aliphatic heterocycles. The predicted octanol–water partition coefficient (Wildman–Crippen LogP) is 12.4. The third kappa shape index (κ3) is 4.87. The van der Waals surface area contributed by atoms with Gasteiger partial charge in [0.1, 0.15) is 0 Å². The lowest BCUT2D eigenvalue weighted by atomic mass is 9.67. The fourth-order valence-corrected chi connectivity index (χ4v) is 9.48. The van der Waals surface area contributed by atoms with Crippen LogP contribution in [0.5, 0.6) is 0 Å². The summed E-state index contributed by atoms with van der Waals surface area (Å²) in [5.74, 6) is 2.34. The zero-order valence-electron chi connectivity index (χ0n) is 31.8. The van der Waals surface area contributed by atoms with E-state index in [1.54, 1.807) is 0 Å². The maximum absolute atomic E-state index is 5.52. The molecule has 1 aliphatic carbocycles. The predicted molar refractivity (Wildman–Crippen MR) is 236 cm³/mol. The van der Waals surface area contributed by atoms with Crippen molar-refractivity contribution in [3.8, 4) is 50.7 Å². The third-order valence-corrected chi connectivity index (χ3v) is 11.9. The van der Waals surface area contributed by atoms with Gasteiger partial charge in [0.15, 0.2) is 11.6 Å². The fourth-order valence-electron chi connectivity index (χ4n) is 9.48. The van der Waals surface area contributed by atoms with Crippen LogP contribution >= 0.6 is 0 Å². The van der Waals surface area contributed by atoms with Crippen LogP contribution in [0.1, 0.15) is 22.3 Å². The highest BCUT2D eigenvalue weighted by molar-refractivity contribution is 5.97. The van der Waals surface area contributed by atoms with Gasteiger partial charge < -0.3 is 0 Å². The monoisotopic (exact) mass is 754 g/mol. The van der Waals surface area contributed by atoms with Crippen molar-refractivity contribution in [1.29, 1.82) is 0 Å². The molecule has 276 valence electrons. The van der Waals surface area contributed by atoms with Gasteiger partial charge in [0, 0.05) is 22.3 Å². The van der Waals surface area contributed by atoms with E-state index >= 15 is 0 Å². The van der Waals surface area contributed by atoms with Crippen LogP contribution in [0.2, 0.25) is 0 Å². The fraction of sp³-hybridized carbons (Fsp3) is 0.0189. The second-order valence-electron chi connectivity index (χ2n) is 15.0. The first-order chi connectivity index (χ1) is 29.3. The summed E-state index contributed by atoms with van der Waals surface area (Å²) in [7, 11) is 0. The molecule has 0 N–H and O–H groups in total. The Hall–Kier alpha value is -7.96. The Bertz CT molecular complexity index is 3190. The Morgan fingerprint density at radius 3 is 1.66 bits per heavy atom. The van der Waals surface area contributed by atoms with Crippen molar-refractivity contribution >= 4 is 28.6 Å². The van der Waals surface area contributed by atoms with Crippen LogP contribution in [0, 0.1) is 0 Å². The van der Waals surface area contributed by atoms with Crippen molar-refractivity contribution in [1.82, 2.24) is 24.5 Å². The number of rotatable bonds is 5. The molecule has 2 aliphatic rings. The molecule has 0 unspecified atom stereocenters. The molecule has 0 spiro atoms. The highest BCUT2D eigenvalue weighted by Gasteiger charge is 2.47. The van der Waals surface area contributed by atoms with Gasteiger partial charge in [0.05, 0.1) is 27.8 Å². The molecule has 59 heavy (non-hydrogen) atoms. The van der Waals surface area contributed by atoms with Crippen LogP contribution < -0.4 is 4.90 Å². The van der Waals surface area contributed by atoms with Gasteiger partial charge in [-0.3, -0.25) is 4.57 Å². The van der Waals surface area contributed by atoms with Gasteiger partial charge in [-0.1, -0.05) is 182 Å². The van der Waals surface area contributed by atoms with E-state index in [0.29, 0.717) is 23.5 Å². The van der Waals surface area contributed by atoms with Crippen LogP contribution in [-0.4, -0.2) is 24.5 Å². The van der Waals surface area contributed by atoms with Crippen LogP contribution in [0.25, 0.3) is 61.8 Å². The van der Waals surface area contributed by atoms with Gasteiger partial charge in [0.2, 0.25) is 11.9 Å².